The summed E-state index contributed by atoms with van der Waals surface area (Å²) in [6.07, 6.45) is 1.74. The number of likely N-dealkylation sites (tertiary alicyclic amines) is 1. The van der Waals surface area contributed by atoms with Gasteiger partial charge in [0.15, 0.2) is 0 Å². The number of rotatable bonds is 4. The van der Waals surface area contributed by atoms with E-state index in [4.69, 9.17) is 0 Å². The average Bonchev–Trinajstić information content (AvgIpc) is 2.92. The molecule has 1 aliphatic rings. The third-order valence-electron chi connectivity index (χ3n) is 4.88. The Hall–Kier alpha value is -2.83. The monoisotopic (exact) mass is 356 g/mol. The smallest absolute Gasteiger partial charge is 0.274 e. The van der Waals surface area contributed by atoms with Gasteiger partial charge < -0.3 is 10.2 Å². The van der Waals surface area contributed by atoms with E-state index in [9.17, 15) is 14.4 Å². The number of aryl methyl sites for hydroxylation is 1. The van der Waals surface area contributed by atoms with E-state index in [1.54, 1.807) is 36.2 Å². The fourth-order valence-electron chi connectivity index (χ4n) is 3.36. The first-order chi connectivity index (χ1) is 12.4. The highest BCUT2D eigenvalue weighted by Gasteiger charge is 2.24. The molecule has 7 heteroatoms. The number of nitrogens with zero attached hydrogens (tertiary/aromatic N) is 2. The molecule has 2 aromatic rings. The first-order valence-electron chi connectivity index (χ1n) is 8.86. The van der Waals surface area contributed by atoms with Crippen LogP contribution >= 0.6 is 0 Å². The van der Waals surface area contributed by atoms with E-state index in [0.29, 0.717) is 37.1 Å². The fraction of sp³-hybridized carbons (Fsp3) is 0.421. The van der Waals surface area contributed by atoms with E-state index in [-0.39, 0.29) is 23.4 Å². The summed E-state index contributed by atoms with van der Waals surface area (Å²) in [6, 6.07) is 6.91. The Bertz CT molecular complexity index is 896. The lowest BCUT2D eigenvalue weighted by Crippen LogP contribution is -2.48. The van der Waals surface area contributed by atoms with E-state index in [1.165, 1.54) is 4.68 Å². The minimum absolute atomic E-state index is 0.0593. The molecule has 1 aromatic carbocycles. The Morgan fingerprint density at radius 2 is 2.12 bits per heavy atom. The van der Waals surface area contributed by atoms with Gasteiger partial charge in [-0.1, -0.05) is 13.0 Å². The number of aromatic amines is 1. The Labute approximate surface area is 152 Å². The summed E-state index contributed by atoms with van der Waals surface area (Å²) in [6.45, 7) is 4.32. The van der Waals surface area contributed by atoms with Crippen LogP contribution in [0.25, 0.3) is 5.69 Å². The standard InChI is InChI=1S/C19H24N4O3/c1-4-16-12(2)21-23(19(16)26)15-7-5-6-13(10-15)18(25)20-14-8-9-17(24)22(3)11-14/h5-7,10,14,21H,4,8-9,11H2,1-3H3,(H,20,25)/t14-/m0/s1. The van der Waals surface area contributed by atoms with Gasteiger partial charge in [-0.15, -0.1) is 0 Å². The van der Waals surface area contributed by atoms with Crippen molar-refractivity contribution in [1.82, 2.24) is 20.0 Å². The quantitative estimate of drug-likeness (QED) is 0.868. The number of likely N-dealkylation sites (N-methyl/N-ethyl adjacent to an activating group) is 1. The lowest BCUT2D eigenvalue weighted by Gasteiger charge is -2.30. The van der Waals surface area contributed by atoms with E-state index in [0.717, 1.165) is 11.3 Å². The van der Waals surface area contributed by atoms with Gasteiger partial charge in [-0.2, -0.15) is 0 Å². The normalized spacial score (nSPS) is 17.4. The van der Waals surface area contributed by atoms with Crippen molar-refractivity contribution >= 4 is 11.8 Å². The van der Waals surface area contributed by atoms with Crippen molar-refractivity contribution in [2.75, 3.05) is 13.6 Å². The molecule has 0 aliphatic carbocycles. The van der Waals surface area contributed by atoms with Gasteiger partial charge in [0.05, 0.1) is 5.69 Å². The maximum absolute atomic E-state index is 12.6. The molecule has 0 unspecified atom stereocenters. The molecular weight excluding hydrogens is 332 g/mol. The van der Waals surface area contributed by atoms with Gasteiger partial charge in [-0.3, -0.25) is 19.5 Å². The van der Waals surface area contributed by atoms with Crippen LogP contribution in [0.5, 0.6) is 0 Å². The molecule has 0 saturated carbocycles. The zero-order valence-corrected chi connectivity index (χ0v) is 15.3. The summed E-state index contributed by atoms with van der Waals surface area (Å²) in [4.78, 5) is 38.3. The molecular formula is C19H24N4O3. The Morgan fingerprint density at radius 3 is 2.77 bits per heavy atom. The highest BCUT2D eigenvalue weighted by molar-refractivity contribution is 5.95. The Kier molecular flexibility index (Phi) is 4.97. The molecule has 0 radical (unpaired) electrons. The van der Waals surface area contributed by atoms with Gasteiger partial charge in [0.2, 0.25) is 5.91 Å². The number of hydrogen-bond donors (Lipinski definition) is 2. The Morgan fingerprint density at radius 1 is 1.35 bits per heavy atom. The number of hydrogen-bond acceptors (Lipinski definition) is 3. The average molecular weight is 356 g/mol. The second-order valence-electron chi connectivity index (χ2n) is 6.74. The van der Waals surface area contributed by atoms with Crippen LogP contribution in [0.3, 0.4) is 0 Å². The summed E-state index contributed by atoms with van der Waals surface area (Å²) in [5, 5.41) is 6.04. The molecule has 1 saturated heterocycles. The van der Waals surface area contributed by atoms with Crippen LogP contribution in [0.1, 0.15) is 41.4 Å². The van der Waals surface area contributed by atoms with Crippen molar-refractivity contribution in [3.05, 3.63) is 51.4 Å². The highest BCUT2D eigenvalue weighted by atomic mass is 16.2. The van der Waals surface area contributed by atoms with Crippen molar-refractivity contribution < 1.29 is 9.59 Å². The molecule has 138 valence electrons. The largest absolute Gasteiger partial charge is 0.348 e. The SMILES string of the molecule is CCc1c(C)[nH]n(-c2cccc(C(=O)N[C@H]3CCC(=O)N(C)C3)c2)c1=O. The van der Waals surface area contributed by atoms with Crippen LogP contribution in [-0.4, -0.2) is 46.1 Å². The summed E-state index contributed by atoms with van der Waals surface area (Å²) < 4.78 is 1.47. The van der Waals surface area contributed by atoms with Gasteiger partial charge in [0.25, 0.3) is 11.5 Å². The second kappa shape index (κ2) is 7.19. The van der Waals surface area contributed by atoms with Crippen LogP contribution in [0.15, 0.2) is 29.1 Å². The zero-order chi connectivity index (χ0) is 18.8. The molecule has 1 aromatic heterocycles. The van der Waals surface area contributed by atoms with Crippen LogP contribution < -0.4 is 10.9 Å². The van der Waals surface area contributed by atoms with Crippen molar-refractivity contribution in [2.45, 2.75) is 39.2 Å². The van der Waals surface area contributed by atoms with Crippen LogP contribution in [0.2, 0.25) is 0 Å². The molecule has 2 amide bonds. The lowest BCUT2D eigenvalue weighted by atomic mass is 10.0. The lowest BCUT2D eigenvalue weighted by molar-refractivity contribution is -0.132. The highest BCUT2D eigenvalue weighted by Crippen LogP contribution is 2.13. The van der Waals surface area contributed by atoms with Crippen LogP contribution in [0, 0.1) is 6.92 Å². The van der Waals surface area contributed by atoms with Crippen molar-refractivity contribution in [1.29, 1.82) is 0 Å². The molecule has 1 atom stereocenters. The first-order valence-corrected chi connectivity index (χ1v) is 8.86. The molecule has 7 nitrogen and oxygen atoms in total. The molecule has 1 fully saturated rings. The predicted molar refractivity (Wildman–Crippen MR) is 98.6 cm³/mol. The number of benzene rings is 1. The van der Waals surface area contributed by atoms with E-state index >= 15 is 0 Å². The van der Waals surface area contributed by atoms with E-state index in [2.05, 4.69) is 10.4 Å². The van der Waals surface area contributed by atoms with Gasteiger partial charge >= 0.3 is 0 Å². The molecule has 26 heavy (non-hydrogen) atoms. The van der Waals surface area contributed by atoms with Crippen molar-refractivity contribution in [3.8, 4) is 5.69 Å². The Balaban J connectivity index is 1.80. The molecule has 1 aliphatic heterocycles. The topological polar surface area (TPSA) is 87.2 Å². The molecule has 2 heterocycles. The number of carbonyl (C=O) groups excluding carboxylic acids is 2. The number of amides is 2. The minimum atomic E-state index is -0.202. The number of aromatic nitrogens is 2. The van der Waals surface area contributed by atoms with Crippen LogP contribution in [-0.2, 0) is 11.2 Å². The third-order valence-corrected chi connectivity index (χ3v) is 4.88. The van der Waals surface area contributed by atoms with Crippen LogP contribution in [0.4, 0.5) is 0 Å². The summed E-state index contributed by atoms with van der Waals surface area (Å²) in [7, 11) is 1.74. The minimum Gasteiger partial charge on any atom is -0.348 e. The van der Waals surface area contributed by atoms with E-state index in [1.807, 2.05) is 13.8 Å². The number of carbonyl (C=O) groups is 2. The van der Waals surface area contributed by atoms with Gasteiger partial charge in [-0.05, 0) is 38.0 Å². The van der Waals surface area contributed by atoms with Gasteiger partial charge in [-0.25, -0.2) is 4.68 Å². The maximum atomic E-state index is 12.6. The predicted octanol–water partition coefficient (Wildman–Crippen LogP) is 1.39. The van der Waals surface area contributed by atoms with Gasteiger partial charge in [0, 0.05) is 42.9 Å². The summed E-state index contributed by atoms with van der Waals surface area (Å²) in [5.74, 6) is -0.0997. The van der Waals surface area contributed by atoms with Crippen molar-refractivity contribution in [3.63, 3.8) is 0 Å². The number of piperidine rings is 1. The fourth-order valence-corrected chi connectivity index (χ4v) is 3.36. The number of nitrogens with one attached hydrogen (secondary N) is 2. The summed E-state index contributed by atoms with van der Waals surface area (Å²) >= 11 is 0. The maximum Gasteiger partial charge on any atom is 0.274 e. The summed E-state index contributed by atoms with van der Waals surface area (Å²) in [5.41, 5.74) is 2.60. The first kappa shape index (κ1) is 18.0. The molecule has 2 N–H and O–H groups in total. The van der Waals surface area contributed by atoms with Crippen molar-refractivity contribution in [2.24, 2.45) is 0 Å². The third kappa shape index (κ3) is 3.42. The molecule has 3 rings (SSSR count). The molecule has 0 spiro atoms. The zero-order valence-electron chi connectivity index (χ0n) is 15.3. The van der Waals surface area contributed by atoms with E-state index < -0.39 is 0 Å². The second-order valence-corrected chi connectivity index (χ2v) is 6.74. The van der Waals surface area contributed by atoms with Gasteiger partial charge in [0.1, 0.15) is 0 Å². The molecule has 0 bridgehead atoms. The number of H-pyrrole nitrogens is 1.